The zero-order valence-electron chi connectivity index (χ0n) is 9.85. The van der Waals surface area contributed by atoms with Gasteiger partial charge in [0.25, 0.3) is 0 Å². The van der Waals surface area contributed by atoms with E-state index >= 15 is 0 Å². The molecule has 2 heterocycles. The SMILES string of the molecule is Cc1csc(CO)c1S(=O)(=O)N1CCCCC1. The molecule has 0 bridgehead atoms. The quantitative estimate of drug-likeness (QED) is 0.914. The Balaban J connectivity index is 2.39. The van der Waals surface area contributed by atoms with Crippen molar-refractivity contribution in [1.82, 2.24) is 4.31 Å². The van der Waals surface area contributed by atoms with Crippen LogP contribution in [-0.2, 0) is 16.6 Å². The second kappa shape index (κ2) is 5.06. The van der Waals surface area contributed by atoms with Gasteiger partial charge in [-0.25, -0.2) is 8.42 Å². The Kier molecular flexibility index (Phi) is 3.87. The van der Waals surface area contributed by atoms with Gasteiger partial charge in [0, 0.05) is 13.1 Å². The van der Waals surface area contributed by atoms with Gasteiger partial charge < -0.3 is 5.11 Å². The van der Waals surface area contributed by atoms with Gasteiger partial charge in [-0.15, -0.1) is 11.3 Å². The van der Waals surface area contributed by atoms with E-state index in [4.69, 9.17) is 0 Å². The molecule has 1 aliphatic heterocycles. The van der Waals surface area contributed by atoms with Gasteiger partial charge in [0.2, 0.25) is 10.0 Å². The first kappa shape index (κ1) is 13.0. The smallest absolute Gasteiger partial charge is 0.244 e. The maximum atomic E-state index is 12.5. The number of rotatable bonds is 3. The van der Waals surface area contributed by atoms with Crippen molar-refractivity contribution in [1.29, 1.82) is 0 Å². The predicted molar refractivity (Wildman–Crippen MR) is 67.6 cm³/mol. The van der Waals surface area contributed by atoms with Crippen LogP contribution in [-0.4, -0.2) is 30.9 Å². The summed E-state index contributed by atoms with van der Waals surface area (Å²) in [4.78, 5) is 0.875. The molecule has 1 aromatic rings. The Bertz CT molecular complexity index is 487. The molecule has 1 N–H and O–H groups in total. The lowest BCUT2D eigenvalue weighted by Crippen LogP contribution is -2.36. The Labute approximate surface area is 106 Å². The van der Waals surface area contributed by atoms with Crippen LogP contribution in [0.2, 0.25) is 0 Å². The monoisotopic (exact) mass is 275 g/mol. The highest BCUT2D eigenvalue weighted by atomic mass is 32.2. The van der Waals surface area contributed by atoms with Crippen molar-refractivity contribution in [2.45, 2.75) is 37.7 Å². The van der Waals surface area contributed by atoms with E-state index in [9.17, 15) is 13.5 Å². The zero-order valence-corrected chi connectivity index (χ0v) is 11.5. The second-order valence-electron chi connectivity index (χ2n) is 4.29. The topological polar surface area (TPSA) is 57.6 Å². The minimum atomic E-state index is -3.41. The summed E-state index contributed by atoms with van der Waals surface area (Å²) in [6.45, 7) is 2.78. The van der Waals surface area contributed by atoms with Gasteiger partial charge in [0.05, 0.1) is 11.5 Å². The maximum Gasteiger partial charge on any atom is 0.244 e. The van der Waals surface area contributed by atoms with Crippen LogP contribution in [0.1, 0.15) is 29.7 Å². The molecule has 0 aliphatic carbocycles. The highest BCUT2D eigenvalue weighted by Crippen LogP contribution is 2.30. The number of thiophene rings is 1. The van der Waals surface area contributed by atoms with E-state index in [1.165, 1.54) is 11.3 Å². The van der Waals surface area contributed by atoms with Crippen LogP contribution in [0.25, 0.3) is 0 Å². The molecular weight excluding hydrogens is 258 g/mol. The van der Waals surface area contributed by atoms with Gasteiger partial charge in [-0.3, -0.25) is 0 Å². The van der Waals surface area contributed by atoms with Gasteiger partial charge in [0.15, 0.2) is 0 Å². The number of aryl methyl sites for hydroxylation is 1. The van der Waals surface area contributed by atoms with Crippen LogP contribution in [0.5, 0.6) is 0 Å². The van der Waals surface area contributed by atoms with E-state index < -0.39 is 10.0 Å². The summed E-state index contributed by atoms with van der Waals surface area (Å²) in [5, 5.41) is 11.0. The summed E-state index contributed by atoms with van der Waals surface area (Å²) in [5.74, 6) is 0. The Morgan fingerprint density at radius 1 is 1.35 bits per heavy atom. The average Bonchev–Trinajstić information content (AvgIpc) is 2.72. The molecule has 2 rings (SSSR count). The summed E-state index contributed by atoms with van der Waals surface area (Å²) in [6.07, 6.45) is 2.95. The summed E-state index contributed by atoms with van der Waals surface area (Å²) in [6, 6.07) is 0. The summed E-state index contributed by atoms with van der Waals surface area (Å²) >= 11 is 1.31. The van der Waals surface area contributed by atoms with Gasteiger partial charge in [-0.2, -0.15) is 4.31 Å². The number of nitrogens with zero attached hydrogens (tertiary/aromatic N) is 1. The Hall–Kier alpha value is -0.430. The van der Waals surface area contributed by atoms with E-state index in [2.05, 4.69) is 0 Å². The number of aliphatic hydroxyl groups is 1. The highest BCUT2D eigenvalue weighted by Gasteiger charge is 2.30. The van der Waals surface area contributed by atoms with Crippen molar-refractivity contribution in [3.8, 4) is 0 Å². The number of aliphatic hydroxyl groups excluding tert-OH is 1. The summed E-state index contributed by atoms with van der Waals surface area (Å²) in [7, 11) is -3.41. The highest BCUT2D eigenvalue weighted by molar-refractivity contribution is 7.89. The molecule has 0 radical (unpaired) electrons. The van der Waals surface area contributed by atoms with Gasteiger partial charge in [-0.05, 0) is 30.7 Å². The van der Waals surface area contributed by atoms with Crippen LogP contribution in [0.3, 0.4) is 0 Å². The van der Waals surface area contributed by atoms with Gasteiger partial charge >= 0.3 is 0 Å². The van der Waals surface area contributed by atoms with Crippen molar-refractivity contribution in [3.05, 3.63) is 15.8 Å². The van der Waals surface area contributed by atoms with Crippen molar-refractivity contribution in [2.75, 3.05) is 13.1 Å². The standard InChI is InChI=1S/C11H17NO3S2/c1-9-8-16-10(7-13)11(9)17(14,15)12-5-3-2-4-6-12/h8,13H,2-7H2,1H3. The van der Waals surface area contributed by atoms with Crippen molar-refractivity contribution < 1.29 is 13.5 Å². The van der Waals surface area contributed by atoms with Crippen LogP contribution in [0.4, 0.5) is 0 Å². The Morgan fingerprint density at radius 2 is 2.00 bits per heavy atom. The first-order chi connectivity index (χ1) is 8.07. The minimum Gasteiger partial charge on any atom is -0.391 e. The third-order valence-electron chi connectivity index (χ3n) is 3.05. The fraction of sp³-hybridized carbons (Fsp3) is 0.636. The molecule has 4 nitrogen and oxygen atoms in total. The van der Waals surface area contributed by atoms with Crippen LogP contribution in [0.15, 0.2) is 10.3 Å². The van der Waals surface area contributed by atoms with Crippen LogP contribution >= 0.6 is 11.3 Å². The molecule has 6 heteroatoms. The molecule has 0 unspecified atom stereocenters. The fourth-order valence-electron chi connectivity index (χ4n) is 2.18. The van der Waals surface area contributed by atoms with E-state index in [-0.39, 0.29) is 6.61 Å². The lowest BCUT2D eigenvalue weighted by Gasteiger charge is -2.26. The number of hydrogen-bond acceptors (Lipinski definition) is 4. The third-order valence-corrected chi connectivity index (χ3v) is 6.39. The van der Waals surface area contributed by atoms with Crippen molar-refractivity contribution in [3.63, 3.8) is 0 Å². The molecule has 0 saturated carbocycles. The first-order valence-corrected chi connectivity index (χ1v) is 8.07. The number of piperidine rings is 1. The van der Waals surface area contributed by atoms with Gasteiger partial charge in [-0.1, -0.05) is 6.42 Å². The van der Waals surface area contributed by atoms with Crippen LogP contribution in [0, 0.1) is 6.92 Å². The predicted octanol–water partition coefficient (Wildman–Crippen LogP) is 1.72. The molecule has 17 heavy (non-hydrogen) atoms. The summed E-state index contributed by atoms with van der Waals surface area (Å²) in [5.41, 5.74) is 0.740. The zero-order chi connectivity index (χ0) is 12.5. The van der Waals surface area contributed by atoms with E-state index in [1.54, 1.807) is 16.6 Å². The Morgan fingerprint density at radius 3 is 2.59 bits per heavy atom. The average molecular weight is 275 g/mol. The van der Waals surface area contributed by atoms with Crippen LogP contribution < -0.4 is 0 Å². The number of hydrogen-bond donors (Lipinski definition) is 1. The van der Waals surface area contributed by atoms with E-state index in [0.29, 0.717) is 22.9 Å². The molecule has 1 saturated heterocycles. The third kappa shape index (κ3) is 2.40. The molecule has 0 aromatic carbocycles. The second-order valence-corrected chi connectivity index (χ2v) is 7.13. The normalized spacial score (nSPS) is 18.5. The lowest BCUT2D eigenvalue weighted by molar-refractivity contribution is 0.281. The fourth-order valence-corrected chi connectivity index (χ4v) is 5.31. The van der Waals surface area contributed by atoms with Gasteiger partial charge in [0.1, 0.15) is 4.90 Å². The van der Waals surface area contributed by atoms with E-state index in [1.807, 2.05) is 0 Å². The molecule has 96 valence electrons. The molecule has 0 spiro atoms. The number of sulfonamides is 1. The summed E-state index contributed by atoms with van der Waals surface area (Å²) < 4.78 is 26.5. The minimum absolute atomic E-state index is 0.207. The maximum absolute atomic E-state index is 12.5. The molecule has 1 aliphatic rings. The van der Waals surface area contributed by atoms with Crippen molar-refractivity contribution >= 4 is 21.4 Å². The molecule has 0 amide bonds. The molecule has 0 atom stereocenters. The largest absolute Gasteiger partial charge is 0.391 e. The van der Waals surface area contributed by atoms with E-state index in [0.717, 1.165) is 24.8 Å². The lowest BCUT2D eigenvalue weighted by atomic mass is 10.2. The molecular formula is C11H17NO3S2. The first-order valence-electron chi connectivity index (χ1n) is 5.75. The van der Waals surface area contributed by atoms with Crippen molar-refractivity contribution in [2.24, 2.45) is 0 Å². The molecule has 1 aromatic heterocycles. The molecule has 1 fully saturated rings.